The molecule has 9 heteroatoms. The highest BCUT2D eigenvalue weighted by Crippen LogP contribution is 2.34. The summed E-state index contributed by atoms with van der Waals surface area (Å²) in [7, 11) is 0. The molecule has 0 unspecified atom stereocenters. The van der Waals surface area contributed by atoms with Gasteiger partial charge >= 0.3 is 0 Å². The molecule has 0 fully saturated rings. The van der Waals surface area contributed by atoms with Crippen molar-refractivity contribution in [1.29, 1.82) is 0 Å². The van der Waals surface area contributed by atoms with Crippen LogP contribution in [0.25, 0.3) is 0 Å². The monoisotopic (exact) mass is 406 g/mol. The third kappa shape index (κ3) is 4.30. The van der Waals surface area contributed by atoms with Crippen molar-refractivity contribution in [2.24, 2.45) is 0 Å². The second-order valence-electron chi connectivity index (χ2n) is 6.65. The van der Waals surface area contributed by atoms with Crippen LogP contribution in [0.1, 0.15) is 16.1 Å². The van der Waals surface area contributed by atoms with E-state index in [9.17, 15) is 14.4 Å². The Labute approximate surface area is 171 Å². The Morgan fingerprint density at radius 2 is 1.70 bits per heavy atom. The van der Waals surface area contributed by atoms with Gasteiger partial charge in [-0.05, 0) is 37.3 Å². The van der Waals surface area contributed by atoms with Crippen LogP contribution >= 0.6 is 0 Å². The number of aryl methyl sites for hydroxylation is 1. The number of hydrogen-bond acceptors (Lipinski definition) is 6. The smallest absolute Gasteiger partial charge is 0.276 e. The molecule has 3 aromatic rings. The van der Waals surface area contributed by atoms with Crippen molar-refractivity contribution >= 4 is 23.2 Å². The molecule has 1 aliphatic heterocycles. The van der Waals surface area contributed by atoms with Crippen LogP contribution in [0.5, 0.6) is 11.5 Å². The SMILES string of the molecule is Cc1ccc(NC(=O)c2ccc(=O)n(CC(=O)Nc3ccc4c(c3)OCO4)n2)cc1. The minimum absolute atomic E-state index is 0.0195. The molecular formula is C21H18N4O5. The molecule has 152 valence electrons. The molecule has 2 aromatic carbocycles. The van der Waals surface area contributed by atoms with Crippen LogP contribution in [0.15, 0.2) is 59.4 Å². The highest BCUT2D eigenvalue weighted by atomic mass is 16.7. The Kier molecular flexibility index (Phi) is 5.17. The number of aromatic nitrogens is 2. The lowest BCUT2D eigenvalue weighted by Gasteiger charge is -2.09. The third-order valence-corrected chi connectivity index (χ3v) is 4.36. The van der Waals surface area contributed by atoms with Gasteiger partial charge in [-0.1, -0.05) is 17.7 Å². The van der Waals surface area contributed by atoms with Gasteiger partial charge in [-0.2, -0.15) is 5.10 Å². The van der Waals surface area contributed by atoms with Crippen LogP contribution in [0, 0.1) is 6.92 Å². The van der Waals surface area contributed by atoms with Crippen LogP contribution in [0.3, 0.4) is 0 Å². The molecule has 0 aliphatic carbocycles. The zero-order chi connectivity index (χ0) is 21.1. The second-order valence-corrected chi connectivity index (χ2v) is 6.65. The van der Waals surface area contributed by atoms with Crippen LogP contribution in [-0.4, -0.2) is 28.4 Å². The van der Waals surface area contributed by atoms with Crippen molar-refractivity contribution in [3.63, 3.8) is 0 Å². The molecule has 0 radical (unpaired) electrons. The molecule has 9 nitrogen and oxygen atoms in total. The molecule has 0 bridgehead atoms. The molecule has 1 aromatic heterocycles. The summed E-state index contributed by atoms with van der Waals surface area (Å²) in [5, 5.41) is 9.38. The second kappa shape index (κ2) is 8.08. The molecule has 0 saturated heterocycles. The minimum atomic E-state index is -0.497. The number of carbonyl (C=O) groups excluding carboxylic acids is 2. The van der Waals surface area contributed by atoms with Gasteiger partial charge in [-0.3, -0.25) is 14.4 Å². The van der Waals surface area contributed by atoms with Crippen molar-refractivity contribution in [3.05, 3.63) is 76.2 Å². The van der Waals surface area contributed by atoms with Crippen molar-refractivity contribution in [3.8, 4) is 11.5 Å². The van der Waals surface area contributed by atoms with E-state index in [1.54, 1.807) is 30.3 Å². The summed E-state index contributed by atoms with van der Waals surface area (Å²) in [4.78, 5) is 36.9. The van der Waals surface area contributed by atoms with Crippen molar-refractivity contribution < 1.29 is 19.1 Å². The van der Waals surface area contributed by atoms with E-state index >= 15 is 0 Å². The Bertz CT molecular complexity index is 1170. The van der Waals surface area contributed by atoms with Gasteiger partial charge in [0, 0.05) is 23.5 Å². The Morgan fingerprint density at radius 1 is 0.967 bits per heavy atom. The lowest BCUT2D eigenvalue weighted by Crippen LogP contribution is -2.31. The van der Waals surface area contributed by atoms with E-state index in [-0.39, 0.29) is 19.0 Å². The predicted molar refractivity (Wildman–Crippen MR) is 109 cm³/mol. The lowest BCUT2D eigenvalue weighted by molar-refractivity contribution is -0.117. The average molecular weight is 406 g/mol. The first-order valence-corrected chi connectivity index (χ1v) is 9.14. The number of fused-ring (bicyclic) bond motifs is 1. The molecule has 2 heterocycles. The molecule has 0 saturated carbocycles. The summed E-state index contributed by atoms with van der Waals surface area (Å²) in [5.41, 5.74) is 1.68. The molecule has 0 spiro atoms. The summed E-state index contributed by atoms with van der Waals surface area (Å²) < 4.78 is 11.4. The van der Waals surface area contributed by atoms with Gasteiger partial charge in [0.2, 0.25) is 12.7 Å². The van der Waals surface area contributed by atoms with E-state index < -0.39 is 17.4 Å². The minimum Gasteiger partial charge on any atom is -0.454 e. The fourth-order valence-electron chi connectivity index (χ4n) is 2.83. The molecule has 4 rings (SSSR count). The predicted octanol–water partition coefficient (Wildman–Crippen LogP) is 2.17. The van der Waals surface area contributed by atoms with Gasteiger partial charge in [-0.15, -0.1) is 0 Å². The highest BCUT2D eigenvalue weighted by molar-refractivity contribution is 6.02. The van der Waals surface area contributed by atoms with E-state index in [1.165, 1.54) is 12.1 Å². The van der Waals surface area contributed by atoms with Gasteiger partial charge in [0.1, 0.15) is 12.2 Å². The zero-order valence-electron chi connectivity index (χ0n) is 16.0. The standard InChI is InChI=1S/C21H18N4O5/c1-13-2-4-14(5-3-13)23-21(28)16-7-9-20(27)25(24-16)11-19(26)22-15-6-8-17-18(10-15)30-12-29-17/h2-10H,11-12H2,1H3,(H,22,26)(H,23,28). The maximum atomic E-state index is 12.4. The van der Waals surface area contributed by atoms with Gasteiger partial charge in [-0.25, -0.2) is 4.68 Å². The molecular weight excluding hydrogens is 388 g/mol. The van der Waals surface area contributed by atoms with E-state index in [0.717, 1.165) is 10.2 Å². The zero-order valence-corrected chi connectivity index (χ0v) is 16.0. The van der Waals surface area contributed by atoms with Crippen LogP contribution < -0.4 is 25.7 Å². The van der Waals surface area contributed by atoms with E-state index in [1.807, 2.05) is 19.1 Å². The third-order valence-electron chi connectivity index (χ3n) is 4.36. The molecule has 2 amide bonds. The van der Waals surface area contributed by atoms with Crippen molar-refractivity contribution in [2.45, 2.75) is 13.5 Å². The van der Waals surface area contributed by atoms with Crippen LogP contribution in [0.4, 0.5) is 11.4 Å². The van der Waals surface area contributed by atoms with Gasteiger partial charge in [0.25, 0.3) is 11.5 Å². The largest absolute Gasteiger partial charge is 0.454 e. The first kappa shape index (κ1) is 19.2. The topological polar surface area (TPSA) is 112 Å². The maximum absolute atomic E-state index is 12.4. The number of ether oxygens (including phenoxy) is 2. The average Bonchev–Trinajstić information content (AvgIpc) is 3.19. The molecule has 1 aliphatic rings. The Balaban J connectivity index is 1.45. The number of hydrogen-bond donors (Lipinski definition) is 2. The summed E-state index contributed by atoms with van der Waals surface area (Å²) in [5.74, 6) is 0.166. The number of nitrogens with zero attached hydrogens (tertiary/aromatic N) is 2. The number of amides is 2. The van der Waals surface area contributed by atoms with Crippen molar-refractivity contribution in [2.75, 3.05) is 17.4 Å². The van der Waals surface area contributed by atoms with Gasteiger partial charge in [0.05, 0.1) is 0 Å². The summed E-state index contributed by atoms with van der Waals surface area (Å²) >= 11 is 0. The summed E-state index contributed by atoms with van der Waals surface area (Å²) in [6.45, 7) is 1.72. The number of benzene rings is 2. The summed E-state index contributed by atoms with van der Waals surface area (Å²) in [6.07, 6.45) is 0. The van der Waals surface area contributed by atoms with E-state index in [2.05, 4.69) is 15.7 Å². The van der Waals surface area contributed by atoms with Crippen LogP contribution in [0.2, 0.25) is 0 Å². The Hall–Kier alpha value is -4.14. The first-order chi connectivity index (χ1) is 14.5. The summed E-state index contributed by atoms with van der Waals surface area (Å²) in [6, 6.07) is 14.7. The number of nitrogens with one attached hydrogen (secondary N) is 2. The van der Waals surface area contributed by atoms with Gasteiger partial charge < -0.3 is 20.1 Å². The molecule has 30 heavy (non-hydrogen) atoms. The van der Waals surface area contributed by atoms with Crippen molar-refractivity contribution in [1.82, 2.24) is 9.78 Å². The number of anilines is 2. The first-order valence-electron chi connectivity index (χ1n) is 9.14. The number of rotatable bonds is 5. The van der Waals surface area contributed by atoms with E-state index in [0.29, 0.717) is 22.9 Å². The van der Waals surface area contributed by atoms with E-state index in [4.69, 9.17) is 9.47 Å². The Morgan fingerprint density at radius 3 is 2.50 bits per heavy atom. The quantitative estimate of drug-likeness (QED) is 0.672. The highest BCUT2D eigenvalue weighted by Gasteiger charge is 2.15. The normalized spacial score (nSPS) is 11.8. The molecule has 0 atom stereocenters. The molecule has 2 N–H and O–H groups in total. The lowest BCUT2D eigenvalue weighted by atomic mass is 10.2. The van der Waals surface area contributed by atoms with Crippen LogP contribution in [-0.2, 0) is 11.3 Å². The maximum Gasteiger partial charge on any atom is 0.276 e. The van der Waals surface area contributed by atoms with Gasteiger partial charge in [0.15, 0.2) is 11.5 Å². The fourth-order valence-corrected chi connectivity index (χ4v) is 2.83. The fraction of sp³-hybridized carbons (Fsp3) is 0.143. The number of carbonyl (C=O) groups is 2.